The number of rotatable bonds is 3. The number of hydrogen-bond acceptors (Lipinski definition) is 5. The van der Waals surface area contributed by atoms with E-state index in [4.69, 9.17) is 0 Å². The summed E-state index contributed by atoms with van der Waals surface area (Å²) in [6, 6.07) is 7.68. The number of nitrogens with zero attached hydrogens (tertiary/aromatic N) is 4. The highest BCUT2D eigenvalue weighted by molar-refractivity contribution is 5.96. The van der Waals surface area contributed by atoms with Crippen molar-refractivity contribution >= 4 is 11.8 Å². The molecule has 2 amide bonds. The van der Waals surface area contributed by atoms with Gasteiger partial charge in [-0.25, -0.2) is 4.98 Å². The Morgan fingerprint density at radius 2 is 1.94 bits per heavy atom. The summed E-state index contributed by atoms with van der Waals surface area (Å²) in [5.41, 5.74) is 2.27. The van der Waals surface area contributed by atoms with Crippen LogP contribution in [0.15, 0.2) is 42.9 Å². The van der Waals surface area contributed by atoms with Gasteiger partial charge in [0.1, 0.15) is 12.2 Å². The lowest BCUT2D eigenvalue weighted by Gasteiger charge is -2.58. The van der Waals surface area contributed by atoms with E-state index in [0.29, 0.717) is 12.5 Å². The number of carbonyl (C=O) groups excluding carboxylic acids is 2. The van der Waals surface area contributed by atoms with E-state index in [1.54, 1.807) is 4.90 Å². The molecule has 7 heteroatoms. The van der Waals surface area contributed by atoms with Crippen molar-refractivity contribution in [1.82, 2.24) is 19.8 Å². The molecule has 0 spiro atoms. The first-order chi connectivity index (χ1) is 15.7. The van der Waals surface area contributed by atoms with Crippen molar-refractivity contribution in [3.63, 3.8) is 0 Å². The third-order valence-electron chi connectivity index (χ3n) is 6.89. The quantitative estimate of drug-likeness (QED) is 0.751. The predicted molar refractivity (Wildman–Crippen MR) is 117 cm³/mol. The van der Waals surface area contributed by atoms with Crippen LogP contribution in [0.25, 0.3) is 0 Å². The number of amides is 2. The van der Waals surface area contributed by atoms with Gasteiger partial charge in [-0.05, 0) is 30.5 Å². The second kappa shape index (κ2) is 8.71. The monoisotopic (exact) mass is 430 g/mol. The zero-order valence-electron chi connectivity index (χ0n) is 17.9. The first-order valence-electron chi connectivity index (χ1n) is 11.2. The van der Waals surface area contributed by atoms with Gasteiger partial charge < -0.3 is 14.9 Å². The Morgan fingerprint density at radius 3 is 2.62 bits per heavy atom. The summed E-state index contributed by atoms with van der Waals surface area (Å²) in [5.74, 6) is 6.71. The van der Waals surface area contributed by atoms with Crippen molar-refractivity contribution in [2.45, 2.75) is 43.7 Å². The van der Waals surface area contributed by atoms with Gasteiger partial charge in [-0.15, -0.1) is 0 Å². The molecular formula is C25H26N4O3. The molecule has 2 aromatic rings. The zero-order chi connectivity index (χ0) is 22.1. The average molecular weight is 431 g/mol. The van der Waals surface area contributed by atoms with Gasteiger partial charge in [0, 0.05) is 36.3 Å². The molecule has 1 aromatic heterocycles. The fourth-order valence-corrected chi connectivity index (χ4v) is 5.27. The summed E-state index contributed by atoms with van der Waals surface area (Å²) in [4.78, 5) is 36.9. The van der Waals surface area contributed by atoms with Crippen LogP contribution in [0, 0.1) is 17.8 Å². The van der Waals surface area contributed by atoms with Crippen LogP contribution in [0.3, 0.4) is 0 Å². The lowest BCUT2D eigenvalue weighted by Crippen LogP contribution is -2.73. The Bertz CT molecular complexity index is 1050. The molecule has 1 N–H and O–H groups in total. The number of benzene rings is 1. The lowest BCUT2D eigenvalue weighted by molar-refractivity contribution is -0.159. The number of aliphatic hydroxyl groups is 1. The summed E-state index contributed by atoms with van der Waals surface area (Å²) in [7, 11) is 0. The van der Waals surface area contributed by atoms with E-state index in [1.165, 1.54) is 49.2 Å². The molecule has 164 valence electrons. The van der Waals surface area contributed by atoms with Gasteiger partial charge in [0.05, 0.1) is 24.9 Å². The standard InChI is InChI=1S/C25H26N4O3/c30-16-22-24(19-9-7-18(8-10-19)6-5-17-3-1-2-4-17)21-14-28(15-23(31)29(21)22)25(32)20-13-26-11-12-27-20/h7-13,17,21-22,24,30H,1-4,14-16H2/t21-,22+,24+/m0/s1. The first-order valence-corrected chi connectivity index (χ1v) is 11.2. The molecule has 1 aromatic carbocycles. The summed E-state index contributed by atoms with van der Waals surface area (Å²) in [6.45, 7) is 0.296. The minimum atomic E-state index is -0.296. The van der Waals surface area contributed by atoms with Crippen LogP contribution >= 0.6 is 0 Å². The number of fused-ring (bicyclic) bond motifs is 1. The van der Waals surface area contributed by atoms with Crippen LogP contribution < -0.4 is 0 Å². The van der Waals surface area contributed by atoms with Gasteiger partial charge in [0.25, 0.3) is 5.91 Å². The second-order valence-electron chi connectivity index (χ2n) is 8.79. The molecule has 32 heavy (non-hydrogen) atoms. The Hall–Kier alpha value is -3.24. The van der Waals surface area contributed by atoms with E-state index in [0.717, 1.165) is 11.1 Å². The molecule has 3 atom stereocenters. The van der Waals surface area contributed by atoms with Crippen molar-refractivity contribution in [2.24, 2.45) is 5.92 Å². The minimum absolute atomic E-state index is 0.00911. The van der Waals surface area contributed by atoms with E-state index in [2.05, 4.69) is 21.8 Å². The van der Waals surface area contributed by atoms with Gasteiger partial charge in [-0.3, -0.25) is 14.6 Å². The topological polar surface area (TPSA) is 86.6 Å². The average Bonchev–Trinajstić information content (AvgIpc) is 3.33. The number of aliphatic hydroxyl groups excluding tert-OH is 1. The fraction of sp³-hybridized carbons (Fsp3) is 0.440. The Labute approximate surface area is 187 Å². The molecule has 1 aliphatic carbocycles. The predicted octanol–water partition coefficient (Wildman–Crippen LogP) is 1.83. The minimum Gasteiger partial charge on any atom is -0.394 e. The number of piperazine rings is 1. The highest BCUT2D eigenvalue weighted by atomic mass is 16.3. The van der Waals surface area contributed by atoms with Crippen LogP contribution in [0.4, 0.5) is 0 Å². The Morgan fingerprint density at radius 1 is 1.16 bits per heavy atom. The van der Waals surface area contributed by atoms with Crippen molar-refractivity contribution in [1.29, 1.82) is 0 Å². The van der Waals surface area contributed by atoms with E-state index in [1.807, 2.05) is 24.3 Å². The molecule has 0 radical (unpaired) electrons. The maximum absolute atomic E-state index is 12.8. The Kier molecular flexibility index (Phi) is 5.62. The highest BCUT2D eigenvalue weighted by Crippen LogP contribution is 2.43. The van der Waals surface area contributed by atoms with Crippen molar-refractivity contribution < 1.29 is 14.7 Å². The van der Waals surface area contributed by atoms with Crippen LogP contribution in [-0.2, 0) is 4.79 Å². The van der Waals surface area contributed by atoms with Crippen LogP contribution in [0.1, 0.15) is 53.2 Å². The van der Waals surface area contributed by atoms with E-state index >= 15 is 0 Å². The summed E-state index contributed by atoms with van der Waals surface area (Å²) < 4.78 is 0. The van der Waals surface area contributed by atoms with E-state index < -0.39 is 0 Å². The number of aromatic nitrogens is 2. The molecule has 2 aliphatic heterocycles. The van der Waals surface area contributed by atoms with Gasteiger partial charge in [0.15, 0.2) is 0 Å². The smallest absolute Gasteiger partial charge is 0.274 e. The SMILES string of the molecule is O=C(c1cnccn1)N1CC(=O)N2[C@H](CO)[C@H](c3ccc(C#CC4CCCC4)cc3)[C@@H]2C1. The van der Waals surface area contributed by atoms with Gasteiger partial charge in [-0.2, -0.15) is 0 Å². The van der Waals surface area contributed by atoms with E-state index in [-0.39, 0.29) is 48.7 Å². The van der Waals surface area contributed by atoms with Gasteiger partial charge in [-0.1, -0.05) is 36.8 Å². The summed E-state index contributed by atoms with van der Waals surface area (Å²) in [6.07, 6.45) is 9.33. The molecule has 2 saturated heterocycles. The number of hydrogen-bond donors (Lipinski definition) is 1. The van der Waals surface area contributed by atoms with E-state index in [9.17, 15) is 14.7 Å². The van der Waals surface area contributed by atoms with Gasteiger partial charge in [0.2, 0.25) is 5.91 Å². The highest BCUT2D eigenvalue weighted by Gasteiger charge is 2.54. The Balaban J connectivity index is 1.33. The zero-order valence-corrected chi connectivity index (χ0v) is 17.9. The first kappa shape index (κ1) is 20.7. The van der Waals surface area contributed by atoms with Crippen LogP contribution in [0.5, 0.6) is 0 Å². The third-order valence-corrected chi connectivity index (χ3v) is 6.89. The van der Waals surface area contributed by atoms with Crippen LogP contribution in [-0.4, -0.2) is 68.5 Å². The third kappa shape index (κ3) is 3.76. The van der Waals surface area contributed by atoms with Crippen molar-refractivity contribution in [3.8, 4) is 11.8 Å². The summed E-state index contributed by atoms with van der Waals surface area (Å²) in [5, 5.41) is 9.97. The van der Waals surface area contributed by atoms with Crippen LogP contribution in [0.2, 0.25) is 0 Å². The molecule has 1 saturated carbocycles. The largest absolute Gasteiger partial charge is 0.394 e. The molecule has 3 fully saturated rings. The molecule has 7 nitrogen and oxygen atoms in total. The molecule has 3 heterocycles. The second-order valence-corrected chi connectivity index (χ2v) is 8.79. The molecule has 0 unspecified atom stereocenters. The molecule has 3 aliphatic rings. The molecule has 0 bridgehead atoms. The van der Waals surface area contributed by atoms with Crippen molar-refractivity contribution in [2.75, 3.05) is 19.7 Å². The maximum Gasteiger partial charge on any atom is 0.274 e. The lowest BCUT2D eigenvalue weighted by atomic mass is 9.73. The number of carbonyl (C=O) groups is 2. The fourth-order valence-electron chi connectivity index (χ4n) is 5.27. The van der Waals surface area contributed by atoms with Gasteiger partial charge >= 0.3 is 0 Å². The van der Waals surface area contributed by atoms with Crippen molar-refractivity contribution in [3.05, 3.63) is 59.7 Å². The summed E-state index contributed by atoms with van der Waals surface area (Å²) >= 11 is 0. The normalized spacial score (nSPS) is 25.0. The maximum atomic E-state index is 12.8. The molecular weight excluding hydrogens is 404 g/mol. The molecule has 5 rings (SSSR count).